The fourth-order valence-electron chi connectivity index (χ4n) is 4.32. The molecule has 1 unspecified atom stereocenters. The van der Waals surface area contributed by atoms with Crippen LogP contribution in [-0.2, 0) is 6.42 Å². The first-order valence-corrected chi connectivity index (χ1v) is 12.7. The summed E-state index contributed by atoms with van der Waals surface area (Å²) in [6, 6.07) is 32.1. The molecule has 0 spiro atoms. The summed E-state index contributed by atoms with van der Waals surface area (Å²) < 4.78 is 5.86. The topological polar surface area (TPSA) is 66.8 Å². The molecule has 0 fully saturated rings. The highest BCUT2D eigenvalue weighted by Crippen LogP contribution is 2.45. The predicted molar refractivity (Wildman–Crippen MR) is 141 cm³/mol. The number of ether oxygens (including phenoxy) is 1. The minimum Gasteiger partial charge on any atom is -0.478 e. The van der Waals surface area contributed by atoms with Crippen molar-refractivity contribution in [3.8, 4) is 11.5 Å². The number of benzene rings is 4. The summed E-state index contributed by atoms with van der Waals surface area (Å²) in [4.78, 5) is 27.9. The smallest absolute Gasteiger partial charge is 0.339 e. The highest BCUT2D eigenvalue weighted by atomic mass is 32.2. The summed E-state index contributed by atoms with van der Waals surface area (Å²) in [5.74, 6) is -0.172. The van der Waals surface area contributed by atoms with E-state index in [0.29, 0.717) is 12.3 Å². The minimum absolute atomic E-state index is 0.0399. The van der Waals surface area contributed by atoms with Crippen LogP contribution in [0.15, 0.2) is 108 Å². The highest BCUT2D eigenvalue weighted by Gasteiger charge is 2.33. The van der Waals surface area contributed by atoms with Gasteiger partial charge in [0.15, 0.2) is 0 Å². The van der Waals surface area contributed by atoms with Gasteiger partial charge in [0.25, 0.3) is 5.91 Å². The Morgan fingerprint density at radius 3 is 2.33 bits per heavy atom. The molecule has 1 aliphatic heterocycles. The molecular weight excluding hydrogens is 470 g/mol. The van der Waals surface area contributed by atoms with Crippen LogP contribution in [0.4, 0.5) is 0 Å². The van der Waals surface area contributed by atoms with Crippen molar-refractivity contribution in [1.29, 1.82) is 0 Å². The van der Waals surface area contributed by atoms with Crippen LogP contribution in [0.3, 0.4) is 0 Å². The van der Waals surface area contributed by atoms with Gasteiger partial charge in [-0.05, 0) is 60.4 Å². The largest absolute Gasteiger partial charge is 0.478 e. The molecule has 5 rings (SSSR count). The molecule has 6 heteroatoms. The van der Waals surface area contributed by atoms with Crippen LogP contribution in [0, 0.1) is 0 Å². The predicted octanol–water partition coefficient (Wildman–Crippen LogP) is 7.06. The molecule has 0 radical (unpaired) electrons. The molecule has 0 saturated carbocycles. The number of nitrogens with zero attached hydrogens (tertiary/aromatic N) is 1. The van der Waals surface area contributed by atoms with Gasteiger partial charge in [-0.15, -0.1) is 0 Å². The molecule has 1 N–H and O–H groups in total. The summed E-state index contributed by atoms with van der Waals surface area (Å²) in [5.41, 5.74) is 3.09. The van der Waals surface area contributed by atoms with E-state index >= 15 is 0 Å². The summed E-state index contributed by atoms with van der Waals surface area (Å²) >= 11 is 1.67. The van der Waals surface area contributed by atoms with Gasteiger partial charge in [0, 0.05) is 11.4 Å². The fourth-order valence-corrected chi connectivity index (χ4v) is 5.62. The van der Waals surface area contributed by atoms with Gasteiger partial charge in [0.2, 0.25) is 0 Å². The number of amides is 1. The van der Waals surface area contributed by atoms with E-state index in [2.05, 4.69) is 12.1 Å². The fraction of sp³-hybridized carbons (Fsp3) is 0.133. The van der Waals surface area contributed by atoms with Gasteiger partial charge in [-0.25, -0.2) is 4.79 Å². The Bertz CT molecular complexity index is 1370. The second kappa shape index (κ2) is 10.7. The number of carboxylic acid groups (broad SMARTS) is 1. The van der Waals surface area contributed by atoms with Crippen molar-refractivity contribution in [2.75, 3.05) is 6.54 Å². The Morgan fingerprint density at radius 2 is 1.56 bits per heavy atom. The molecule has 0 aromatic heterocycles. The number of rotatable bonds is 8. The Labute approximate surface area is 214 Å². The number of aryl methyl sites for hydroxylation is 1. The number of carbonyl (C=O) groups is 2. The molecule has 1 amide bonds. The zero-order valence-electron chi connectivity index (χ0n) is 19.5. The van der Waals surface area contributed by atoms with Gasteiger partial charge in [-0.1, -0.05) is 78.5 Å². The number of aromatic carboxylic acids is 1. The van der Waals surface area contributed by atoms with Crippen molar-refractivity contribution in [3.63, 3.8) is 0 Å². The average molecular weight is 496 g/mol. The molecule has 1 atom stereocenters. The summed E-state index contributed by atoms with van der Waals surface area (Å²) in [5, 5.41) is 9.25. The first-order valence-electron chi connectivity index (χ1n) is 11.8. The molecule has 4 aromatic rings. The van der Waals surface area contributed by atoms with Gasteiger partial charge in [0.05, 0.1) is 5.56 Å². The molecule has 0 saturated heterocycles. The molecular formula is C30H25NO4S. The summed E-state index contributed by atoms with van der Waals surface area (Å²) in [6.07, 6.45) is 1.77. The molecule has 5 nitrogen and oxygen atoms in total. The number of carboxylic acids is 1. The third-order valence-corrected chi connectivity index (χ3v) is 7.48. The van der Waals surface area contributed by atoms with Crippen LogP contribution in [-0.4, -0.2) is 28.4 Å². The molecule has 4 aromatic carbocycles. The van der Waals surface area contributed by atoms with Crippen LogP contribution in [0.1, 0.15) is 43.6 Å². The first-order chi connectivity index (χ1) is 17.6. The van der Waals surface area contributed by atoms with Crippen molar-refractivity contribution in [3.05, 3.63) is 125 Å². The number of fused-ring (bicyclic) bond motifs is 1. The Balaban J connectivity index is 1.37. The quantitative estimate of drug-likeness (QED) is 0.284. The SMILES string of the molecule is O=C(O)c1ccccc1Oc1ccc(C2Sc3ccccc3C(=O)N2CCCc2ccccc2)cc1. The molecule has 1 aliphatic rings. The second-order valence-corrected chi connectivity index (χ2v) is 9.65. The number of thioether (sulfide) groups is 1. The van der Waals surface area contributed by atoms with Gasteiger partial charge in [0.1, 0.15) is 22.4 Å². The summed E-state index contributed by atoms with van der Waals surface area (Å²) in [6.45, 7) is 0.643. The van der Waals surface area contributed by atoms with E-state index in [1.807, 2.05) is 71.6 Å². The van der Waals surface area contributed by atoms with E-state index in [1.54, 1.807) is 30.0 Å². The van der Waals surface area contributed by atoms with Gasteiger partial charge >= 0.3 is 5.97 Å². The molecule has 180 valence electrons. The van der Waals surface area contributed by atoms with E-state index in [4.69, 9.17) is 4.74 Å². The van der Waals surface area contributed by atoms with Crippen molar-refractivity contribution < 1.29 is 19.4 Å². The maximum atomic E-state index is 13.5. The van der Waals surface area contributed by atoms with E-state index in [1.165, 1.54) is 11.6 Å². The summed E-state index contributed by atoms with van der Waals surface area (Å²) in [7, 11) is 0. The van der Waals surface area contributed by atoms with Gasteiger partial charge in [-0.2, -0.15) is 0 Å². The third kappa shape index (κ3) is 5.14. The lowest BCUT2D eigenvalue weighted by atomic mass is 10.1. The lowest BCUT2D eigenvalue weighted by Gasteiger charge is -2.36. The van der Waals surface area contributed by atoms with Crippen molar-refractivity contribution >= 4 is 23.6 Å². The van der Waals surface area contributed by atoms with Crippen LogP contribution >= 0.6 is 11.8 Å². The highest BCUT2D eigenvalue weighted by molar-refractivity contribution is 7.99. The van der Waals surface area contributed by atoms with E-state index in [9.17, 15) is 14.7 Å². The number of carbonyl (C=O) groups excluding carboxylic acids is 1. The van der Waals surface area contributed by atoms with E-state index in [0.717, 1.165) is 28.9 Å². The van der Waals surface area contributed by atoms with Gasteiger partial charge in [-0.3, -0.25) is 4.79 Å². The second-order valence-electron chi connectivity index (χ2n) is 8.53. The van der Waals surface area contributed by atoms with E-state index in [-0.39, 0.29) is 22.6 Å². The number of para-hydroxylation sites is 1. The zero-order chi connectivity index (χ0) is 24.9. The molecule has 0 aliphatic carbocycles. The van der Waals surface area contributed by atoms with Crippen molar-refractivity contribution in [1.82, 2.24) is 4.90 Å². The average Bonchev–Trinajstić information content (AvgIpc) is 2.91. The first kappa shape index (κ1) is 23.7. The maximum Gasteiger partial charge on any atom is 0.339 e. The van der Waals surface area contributed by atoms with E-state index < -0.39 is 5.97 Å². The van der Waals surface area contributed by atoms with Crippen molar-refractivity contribution in [2.24, 2.45) is 0 Å². The lowest BCUT2D eigenvalue weighted by molar-refractivity contribution is 0.0692. The standard InChI is InChI=1S/C30H25NO4S/c32-28-25-13-5-7-15-27(25)36-29(31(28)20-8-11-21-9-2-1-3-10-21)22-16-18-23(19-17-22)35-26-14-6-4-12-24(26)30(33)34/h1-7,9-10,12-19,29H,8,11,20H2,(H,33,34). The Hall–Kier alpha value is -4.03. The Kier molecular flexibility index (Phi) is 7.05. The maximum absolute atomic E-state index is 13.5. The molecule has 1 heterocycles. The number of hydrogen-bond acceptors (Lipinski definition) is 4. The van der Waals surface area contributed by atoms with Crippen molar-refractivity contribution in [2.45, 2.75) is 23.1 Å². The van der Waals surface area contributed by atoms with Crippen LogP contribution in [0.5, 0.6) is 11.5 Å². The molecule has 0 bridgehead atoms. The molecule has 36 heavy (non-hydrogen) atoms. The monoisotopic (exact) mass is 495 g/mol. The van der Waals surface area contributed by atoms with Gasteiger partial charge < -0.3 is 14.7 Å². The normalized spacial score (nSPS) is 14.8. The van der Waals surface area contributed by atoms with Crippen LogP contribution in [0.25, 0.3) is 0 Å². The van der Waals surface area contributed by atoms with Crippen LogP contribution in [0.2, 0.25) is 0 Å². The third-order valence-electron chi connectivity index (χ3n) is 6.12. The minimum atomic E-state index is -1.04. The number of hydrogen-bond donors (Lipinski definition) is 1. The lowest BCUT2D eigenvalue weighted by Crippen LogP contribution is -2.37. The van der Waals surface area contributed by atoms with Crippen LogP contribution < -0.4 is 4.74 Å². The Morgan fingerprint density at radius 1 is 0.861 bits per heavy atom. The zero-order valence-corrected chi connectivity index (χ0v) is 20.4.